The van der Waals surface area contributed by atoms with Gasteiger partial charge in [-0.25, -0.2) is 4.39 Å². The molecule has 0 N–H and O–H groups in total. The Hall–Kier alpha value is -2.74. The second-order valence-electron chi connectivity index (χ2n) is 5.83. The van der Waals surface area contributed by atoms with Crippen LogP contribution in [0.15, 0.2) is 30.5 Å². The number of aromatic nitrogens is 1. The van der Waals surface area contributed by atoms with Crippen molar-refractivity contribution in [2.75, 3.05) is 6.54 Å². The first-order valence-electron chi connectivity index (χ1n) is 7.46. The molecule has 0 radical (unpaired) electrons. The quantitative estimate of drug-likeness (QED) is 0.875. The summed E-state index contributed by atoms with van der Waals surface area (Å²) in [5, 5.41) is 8.91. The average molecular weight is 309 g/mol. The Morgan fingerprint density at radius 3 is 2.87 bits per heavy atom. The fraction of sp³-hybridized carbons (Fsp3) is 0.278. The molecule has 116 valence electrons. The van der Waals surface area contributed by atoms with Gasteiger partial charge in [0.05, 0.1) is 28.9 Å². The van der Waals surface area contributed by atoms with E-state index in [9.17, 15) is 9.18 Å². The molecular weight excluding hydrogens is 293 g/mol. The summed E-state index contributed by atoms with van der Waals surface area (Å²) in [6.07, 6.45) is 2.26. The Bertz CT molecular complexity index is 826. The molecule has 1 aromatic carbocycles. The van der Waals surface area contributed by atoms with E-state index < -0.39 is 5.82 Å². The van der Waals surface area contributed by atoms with Gasteiger partial charge in [-0.1, -0.05) is 0 Å². The molecule has 1 atom stereocenters. The van der Waals surface area contributed by atoms with Gasteiger partial charge in [-0.3, -0.25) is 9.78 Å². The molecule has 1 aliphatic heterocycles. The van der Waals surface area contributed by atoms with Crippen LogP contribution in [0.1, 0.15) is 45.7 Å². The summed E-state index contributed by atoms with van der Waals surface area (Å²) in [5.41, 5.74) is 3.39. The second-order valence-corrected chi connectivity index (χ2v) is 5.83. The Labute approximate surface area is 134 Å². The van der Waals surface area contributed by atoms with Crippen LogP contribution < -0.4 is 0 Å². The summed E-state index contributed by atoms with van der Waals surface area (Å²) in [5.74, 6) is -0.471. The van der Waals surface area contributed by atoms with E-state index in [-0.39, 0.29) is 11.9 Å². The topological polar surface area (TPSA) is 57.0 Å². The van der Waals surface area contributed by atoms with Gasteiger partial charge in [-0.15, -0.1) is 0 Å². The van der Waals surface area contributed by atoms with Gasteiger partial charge in [-0.05, 0) is 55.7 Å². The number of nitrogens with zero attached hydrogens (tertiary/aromatic N) is 3. The van der Waals surface area contributed by atoms with Crippen LogP contribution in [-0.4, -0.2) is 22.3 Å². The number of halogens is 1. The number of amides is 1. The minimum absolute atomic E-state index is 0.0411. The van der Waals surface area contributed by atoms with Gasteiger partial charge < -0.3 is 4.90 Å². The Kier molecular flexibility index (Phi) is 3.83. The zero-order valence-electron chi connectivity index (χ0n) is 13.0. The van der Waals surface area contributed by atoms with E-state index in [4.69, 9.17) is 5.26 Å². The third kappa shape index (κ3) is 2.80. The number of hydrogen-bond acceptors (Lipinski definition) is 3. The van der Waals surface area contributed by atoms with Crippen molar-refractivity contribution in [3.63, 3.8) is 0 Å². The predicted octanol–water partition coefficient (Wildman–Crippen LogP) is 3.16. The number of benzene rings is 1. The first-order chi connectivity index (χ1) is 11.0. The second kappa shape index (κ2) is 5.81. The largest absolute Gasteiger partial charge is 0.330 e. The first-order valence-corrected chi connectivity index (χ1v) is 7.46. The molecule has 23 heavy (non-hydrogen) atoms. The molecule has 1 aromatic heterocycles. The van der Waals surface area contributed by atoms with Crippen LogP contribution in [0.4, 0.5) is 4.39 Å². The minimum atomic E-state index is -0.430. The molecule has 1 amide bonds. The summed E-state index contributed by atoms with van der Waals surface area (Å²) >= 11 is 0. The van der Waals surface area contributed by atoms with E-state index in [0.29, 0.717) is 29.7 Å². The molecule has 0 spiro atoms. The Morgan fingerprint density at radius 2 is 2.13 bits per heavy atom. The van der Waals surface area contributed by atoms with Crippen LogP contribution in [0.3, 0.4) is 0 Å². The van der Waals surface area contributed by atoms with Gasteiger partial charge in [-0.2, -0.15) is 5.26 Å². The molecule has 3 rings (SSSR count). The fourth-order valence-electron chi connectivity index (χ4n) is 2.97. The van der Waals surface area contributed by atoms with Crippen LogP contribution >= 0.6 is 0 Å². The summed E-state index contributed by atoms with van der Waals surface area (Å²) in [6.45, 7) is 4.31. The maximum Gasteiger partial charge on any atom is 0.256 e. The van der Waals surface area contributed by atoms with Crippen molar-refractivity contribution in [3.8, 4) is 6.07 Å². The lowest BCUT2D eigenvalue weighted by atomic mass is 10.1. The zero-order valence-corrected chi connectivity index (χ0v) is 13.0. The van der Waals surface area contributed by atoms with Crippen LogP contribution in [0.5, 0.6) is 0 Å². The molecule has 0 fully saturated rings. The van der Waals surface area contributed by atoms with Crippen LogP contribution in [0, 0.1) is 24.1 Å². The van der Waals surface area contributed by atoms with Gasteiger partial charge in [0.2, 0.25) is 0 Å². The zero-order chi connectivity index (χ0) is 16.6. The van der Waals surface area contributed by atoms with E-state index in [1.54, 1.807) is 17.2 Å². The predicted molar refractivity (Wildman–Crippen MR) is 83.2 cm³/mol. The number of pyridine rings is 1. The van der Waals surface area contributed by atoms with E-state index in [1.807, 2.05) is 26.0 Å². The number of carbonyl (C=O) groups is 1. The van der Waals surface area contributed by atoms with Crippen molar-refractivity contribution in [1.82, 2.24) is 9.88 Å². The highest BCUT2D eigenvalue weighted by atomic mass is 19.1. The van der Waals surface area contributed by atoms with Crippen molar-refractivity contribution in [1.29, 1.82) is 5.26 Å². The summed E-state index contributed by atoms with van der Waals surface area (Å²) < 4.78 is 13.5. The molecule has 0 saturated heterocycles. The number of fused-ring (bicyclic) bond motifs is 1. The smallest absolute Gasteiger partial charge is 0.256 e. The van der Waals surface area contributed by atoms with E-state index in [0.717, 1.165) is 11.3 Å². The SMILES string of the molecule is Cc1cnc2c(c1)C(=O)N(CCc1cc(F)cc(C#N)c1)C2C. The average Bonchev–Trinajstić information content (AvgIpc) is 2.76. The third-order valence-corrected chi connectivity index (χ3v) is 4.14. The highest BCUT2D eigenvalue weighted by Crippen LogP contribution is 2.32. The third-order valence-electron chi connectivity index (χ3n) is 4.14. The molecule has 2 aromatic rings. The molecular formula is C18H16FN3O. The maximum absolute atomic E-state index is 13.5. The van der Waals surface area contributed by atoms with Crippen LogP contribution in [-0.2, 0) is 6.42 Å². The summed E-state index contributed by atoms with van der Waals surface area (Å²) in [6, 6.07) is 7.97. The van der Waals surface area contributed by atoms with Crippen molar-refractivity contribution < 1.29 is 9.18 Å². The van der Waals surface area contributed by atoms with Crippen LogP contribution in [0.2, 0.25) is 0 Å². The fourth-order valence-corrected chi connectivity index (χ4v) is 2.97. The maximum atomic E-state index is 13.5. The van der Waals surface area contributed by atoms with Gasteiger partial charge in [0, 0.05) is 12.7 Å². The number of carbonyl (C=O) groups excluding carboxylic acids is 1. The monoisotopic (exact) mass is 309 g/mol. The van der Waals surface area contributed by atoms with Gasteiger partial charge in [0.1, 0.15) is 5.82 Å². The highest BCUT2D eigenvalue weighted by molar-refractivity contribution is 5.98. The number of rotatable bonds is 3. The molecule has 0 bridgehead atoms. The summed E-state index contributed by atoms with van der Waals surface area (Å²) in [7, 11) is 0. The molecule has 1 aliphatic rings. The Balaban J connectivity index is 1.79. The molecule has 4 nitrogen and oxygen atoms in total. The first kappa shape index (κ1) is 15.2. The van der Waals surface area contributed by atoms with E-state index >= 15 is 0 Å². The van der Waals surface area contributed by atoms with Crippen molar-refractivity contribution in [2.24, 2.45) is 0 Å². The van der Waals surface area contributed by atoms with Gasteiger partial charge in [0.15, 0.2) is 0 Å². The summed E-state index contributed by atoms with van der Waals surface area (Å²) in [4.78, 5) is 18.6. The number of nitriles is 1. The van der Waals surface area contributed by atoms with Crippen molar-refractivity contribution >= 4 is 5.91 Å². The standard InChI is InChI=1S/C18H16FN3O/c1-11-5-16-17(21-10-11)12(2)22(18(16)23)4-3-13-6-14(9-20)8-15(19)7-13/h5-8,10,12H,3-4H2,1-2H3. The molecule has 2 heterocycles. The Morgan fingerprint density at radius 1 is 1.35 bits per heavy atom. The van der Waals surface area contributed by atoms with E-state index in [2.05, 4.69) is 4.98 Å². The number of aryl methyl sites for hydroxylation is 1. The molecule has 5 heteroatoms. The normalized spacial score (nSPS) is 16.3. The number of hydrogen-bond donors (Lipinski definition) is 0. The van der Waals surface area contributed by atoms with Gasteiger partial charge >= 0.3 is 0 Å². The van der Waals surface area contributed by atoms with Crippen LogP contribution in [0.25, 0.3) is 0 Å². The molecule has 1 unspecified atom stereocenters. The van der Waals surface area contributed by atoms with Gasteiger partial charge in [0.25, 0.3) is 5.91 Å². The highest BCUT2D eigenvalue weighted by Gasteiger charge is 2.34. The van der Waals surface area contributed by atoms with Crippen molar-refractivity contribution in [2.45, 2.75) is 26.3 Å². The van der Waals surface area contributed by atoms with Crippen molar-refractivity contribution in [3.05, 3.63) is 64.2 Å². The minimum Gasteiger partial charge on any atom is -0.330 e. The lowest BCUT2D eigenvalue weighted by Gasteiger charge is -2.21. The molecule has 0 aliphatic carbocycles. The lowest BCUT2D eigenvalue weighted by Crippen LogP contribution is -2.29. The lowest BCUT2D eigenvalue weighted by molar-refractivity contribution is 0.0739. The molecule has 0 saturated carbocycles. The van der Waals surface area contributed by atoms with E-state index in [1.165, 1.54) is 12.1 Å².